The predicted molar refractivity (Wildman–Crippen MR) is 77.4 cm³/mol. The van der Waals surface area contributed by atoms with E-state index in [1.54, 1.807) is 12.1 Å². The van der Waals surface area contributed by atoms with Gasteiger partial charge in [0, 0.05) is 5.02 Å². The van der Waals surface area contributed by atoms with Crippen molar-refractivity contribution in [3.8, 4) is 5.75 Å². The van der Waals surface area contributed by atoms with E-state index in [4.69, 9.17) is 22.1 Å². The Morgan fingerprint density at radius 2 is 2.21 bits per heavy atom. The topological polar surface area (TPSA) is 64.4 Å². The Bertz CT molecular complexity index is 410. The monoisotopic (exact) mass is 284 g/mol. The molecule has 3 N–H and O–H groups in total. The van der Waals surface area contributed by atoms with Gasteiger partial charge in [-0.3, -0.25) is 4.79 Å². The molecule has 1 aromatic rings. The summed E-state index contributed by atoms with van der Waals surface area (Å²) in [4.78, 5) is 11.6. The first-order valence-corrected chi connectivity index (χ1v) is 6.78. The molecular weight excluding hydrogens is 264 g/mol. The largest absolute Gasteiger partial charge is 0.492 e. The molecule has 5 heteroatoms. The highest BCUT2D eigenvalue weighted by Gasteiger charge is 2.13. The average molecular weight is 285 g/mol. The summed E-state index contributed by atoms with van der Waals surface area (Å²) in [5.74, 6) is 0.958. The van der Waals surface area contributed by atoms with Crippen molar-refractivity contribution in [1.29, 1.82) is 0 Å². The van der Waals surface area contributed by atoms with Crippen LogP contribution >= 0.6 is 11.6 Å². The van der Waals surface area contributed by atoms with Gasteiger partial charge < -0.3 is 15.8 Å². The van der Waals surface area contributed by atoms with Crippen LogP contribution in [0.25, 0.3) is 0 Å². The van der Waals surface area contributed by atoms with Crippen LogP contribution in [-0.4, -0.2) is 25.1 Å². The predicted octanol–water partition coefficient (Wildman–Crippen LogP) is 2.21. The molecule has 0 aliphatic rings. The Kier molecular flexibility index (Phi) is 6.67. The summed E-state index contributed by atoms with van der Waals surface area (Å²) >= 11 is 5.83. The van der Waals surface area contributed by atoms with E-state index in [0.717, 1.165) is 0 Å². The maximum Gasteiger partial charge on any atom is 0.237 e. The number of halogens is 1. The van der Waals surface area contributed by atoms with Gasteiger partial charge in [-0.15, -0.1) is 0 Å². The molecule has 0 spiro atoms. The zero-order valence-electron chi connectivity index (χ0n) is 11.4. The first kappa shape index (κ1) is 15.8. The third-order valence-electron chi connectivity index (χ3n) is 2.53. The van der Waals surface area contributed by atoms with Crippen molar-refractivity contribution in [3.63, 3.8) is 0 Å². The highest BCUT2D eigenvalue weighted by Crippen LogP contribution is 2.16. The minimum Gasteiger partial charge on any atom is -0.492 e. The summed E-state index contributed by atoms with van der Waals surface area (Å²) in [7, 11) is 0. The van der Waals surface area contributed by atoms with E-state index in [9.17, 15) is 4.79 Å². The standard InChI is InChI=1S/C14H21ClN2O2/c1-10(2)8-13(16)14(18)17-6-7-19-12-5-3-4-11(15)9-12/h3-5,9-10,13H,6-8,16H2,1-2H3,(H,17,18)/t13-/m0/s1. The van der Waals surface area contributed by atoms with Crippen LogP contribution in [0.4, 0.5) is 0 Å². The number of amides is 1. The maximum atomic E-state index is 11.6. The summed E-state index contributed by atoms with van der Waals surface area (Å²) in [6.07, 6.45) is 0.682. The molecule has 0 radical (unpaired) electrons. The number of hydrogen-bond donors (Lipinski definition) is 2. The third-order valence-corrected chi connectivity index (χ3v) is 2.76. The van der Waals surface area contributed by atoms with Gasteiger partial charge in [0.25, 0.3) is 0 Å². The molecule has 1 amide bonds. The second kappa shape index (κ2) is 8.02. The minimum atomic E-state index is -0.453. The number of carbonyl (C=O) groups is 1. The van der Waals surface area contributed by atoms with Gasteiger partial charge in [-0.1, -0.05) is 31.5 Å². The summed E-state index contributed by atoms with van der Waals surface area (Å²) in [6.45, 7) is 4.89. The van der Waals surface area contributed by atoms with Crippen molar-refractivity contribution in [1.82, 2.24) is 5.32 Å². The van der Waals surface area contributed by atoms with Crippen molar-refractivity contribution < 1.29 is 9.53 Å². The first-order chi connectivity index (χ1) is 8.99. The van der Waals surface area contributed by atoms with E-state index in [0.29, 0.717) is 36.3 Å². The zero-order chi connectivity index (χ0) is 14.3. The number of ether oxygens (including phenoxy) is 1. The van der Waals surface area contributed by atoms with E-state index < -0.39 is 6.04 Å². The molecule has 0 heterocycles. The summed E-state index contributed by atoms with van der Waals surface area (Å²) in [6, 6.07) is 6.69. The van der Waals surface area contributed by atoms with Crippen LogP contribution in [0, 0.1) is 5.92 Å². The molecule has 0 bridgehead atoms. The fourth-order valence-corrected chi connectivity index (χ4v) is 1.83. The van der Waals surface area contributed by atoms with Crippen LogP contribution in [0.1, 0.15) is 20.3 Å². The molecule has 0 fully saturated rings. The Morgan fingerprint density at radius 3 is 2.84 bits per heavy atom. The number of carbonyl (C=O) groups excluding carboxylic acids is 1. The lowest BCUT2D eigenvalue weighted by atomic mass is 10.0. The van der Waals surface area contributed by atoms with E-state index in [-0.39, 0.29) is 5.91 Å². The number of nitrogens with two attached hydrogens (primary N) is 1. The number of benzene rings is 1. The number of nitrogens with one attached hydrogen (secondary N) is 1. The average Bonchev–Trinajstić information content (AvgIpc) is 2.33. The first-order valence-electron chi connectivity index (χ1n) is 6.40. The van der Waals surface area contributed by atoms with Gasteiger partial charge in [0.15, 0.2) is 0 Å². The Labute approximate surface area is 119 Å². The molecule has 0 aliphatic carbocycles. The quantitative estimate of drug-likeness (QED) is 0.755. The molecule has 0 saturated carbocycles. The third kappa shape index (κ3) is 6.45. The molecule has 0 aliphatic heterocycles. The van der Waals surface area contributed by atoms with Crippen molar-refractivity contribution >= 4 is 17.5 Å². The van der Waals surface area contributed by atoms with Gasteiger partial charge in [-0.05, 0) is 30.5 Å². The smallest absolute Gasteiger partial charge is 0.237 e. The van der Waals surface area contributed by atoms with Crippen LogP contribution in [0.15, 0.2) is 24.3 Å². The second-order valence-corrected chi connectivity index (χ2v) is 5.27. The van der Waals surface area contributed by atoms with Crippen molar-refractivity contribution in [2.24, 2.45) is 11.7 Å². The molecule has 1 aromatic carbocycles. The lowest BCUT2D eigenvalue weighted by molar-refractivity contribution is -0.122. The number of hydrogen-bond acceptors (Lipinski definition) is 3. The highest BCUT2D eigenvalue weighted by atomic mass is 35.5. The van der Waals surface area contributed by atoms with Gasteiger partial charge in [0.05, 0.1) is 12.6 Å². The highest BCUT2D eigenvalue weighted by molar-refractivity contribution is 6.30. The van der Waals surface area contributed by atoms with Gasteiger partial charge in [-0.2, -0.15) is 0 Å². The van der Waals surface area contributed by atoms with Crippen LogP contribution in [-0.2, 0) is 4.79 Å². The van der Waals surface area contributed by atoms with Crippen LogP contribution in [0.3, 0.4) is 0 Å². The molecule has 1 rings (SSSR count). The van der Waals surface area contributed by atoms with E-state index >= 15 is 0 Å². The fourth-order valence-electron chi connectivity index (χ4n) is 1.65. The van der Waals surface area contributed by atoms with Crippen LogP contribution < -0.4 is 15.8 Å². The van der Waals surface area contributed by atoms with Gasteiger partial charge >= 0.3 is 0 Å². The van der Waals surface area contributed by atoms with Crippen molar-refractivity contribution in [2.75, 3.05) is 13.2 Å². The molecule has 0 saturated heterocycles. The Hall–Kier alpha value is -1.26. The zero-order valence-corrected chi connectivity index (χ0v) is 12.1. The Balaban J connectivity index is 2.22. The summed E-state index contributed by atoms with van der Waals surface area (Å²) < 4.78 is 5.46. The molecular formula is C14H21ClN2O2. The summed E-state index contributed by atoms with van der Waals surface area (Å²) in [5.41, 5.74) is 5.76. The van der Waals surface area contributed by atoms with Gasteiger partial charge in [0.1, 0.15) is 12.4 Å². The van der Waals surface area contributed by atoms with Gasteiger partial charge in [-0.25, -0.2) is 0 Å². The molecule has 0 aromatic heterocycles. The minimum absolute atomic E-state index is 0.136. The Morgan fingerprint density at radius 1 is 1.47 bits per heavy atom. The second-order valence-electron chi connectivity index (χ2n) is 4.83. The van der Waals surface area contributed by atoms with Crippen molar-refractivity contribution in [3.05, 3.63) is 29.3 Å². The lowest BCUT2D eigenvalue weighted by Crippen LogP contribution is -2.42. The SMILES string of the molecule is CC(C)C[C@H](N)C(=O)NCCOc1cccc(Cl)c1. The van der Waals surface area contributed by atoms with E-state index in [1.807, 2.05) is 26.0 Å². The van der Waals surface area contributed by atoms with Crippen LogP contribution in [0.5, 0.6) is 5.75 Å². The fraction of sp³-hybridized carbons (Fsp3) is 0.500. The van der Waals surface area contributed by atoms with Crippen LogP contribution in [0.2, 0.25) is 5.02 Å². The van der Waals surface area contributed by atoms with Gasteiger partial charge in [0.2, 0.25) is 5.91 Å². The molecule has 0 unspecified atom stereocenters. The lowest BCUT2D eigenvalue weighted by Gasteiger charge is -2.14. The molecule has 1 atom stereocenters. The van der Waals surface area contributed by atoms with Crippen molar-refractivity contribution in [2.45, 2.75) is 26.3 Å². The molecule has 19 heavy (non-hydrogen) atoms. The summed E-state index contributed by atoms with van der Waals surface area (Å²) in [5, 5.41) is 3.38. The van der Waals surface area contributed by atoms with E-state index in [1.165, 1.54) is 0 Å². The normalized spacial score (nSPS) is 12.3. The molecule has 4 nitrogen and oxygen atoms in total. The van der Waals surface area contributed by atoms with E-state index in [2.05, 4.69) is 5.32 Å². The number of rotatable bonds is 7. The maximum absolute atomic E-state index is 11.6. The molecule has 106 valence electrons.